The van der Waals surface area contributed by atoms with Crippen molar-refractivity contribution < 1.29 is 13.2 Å². The summed E-state index contributed by atoms with van der Waals surface area (Å²) in [5.74, 6) is 0. The third-order valence-electron chi connectivity index (χ3n) is 2.88. The van der Waals surface area contributed by atoms with E-state index in [0.29, 0.717) is 23.6 Å². The van der Waals surface area contributed by atoms with Crippen LogP contribution < -0.4 is 10.5 Å². The molecular formula is C13H21ClN2O3S. The molecule has 1 aromatic carbocycles. The summed E-state index contributed by atoms with van der Waals surface area (Å²) in [5.41, 5.74) is 6.22. The predicted molar refractivity (Wildman–Crippen MR) is 80.2 cm³/mol. The fourth-order valence-corrected chi connectivity index (χ4v) is 3.48. The van der Waals surface area contributed by atoms with E-state index in [1.165, 1.54) is 12.1 Å². The van der Waals surface area contributed by atoms with Crippen molar-refractivity contribution in [1.29, 1.82) is 0 Å². The smallest absolute Gasteiger partial charge is 0.240 e. The van der Waals surface area contributed by atoms with E-state index in [1.54, 1.807) is 13.2 Å². The monoisotopic (exact) mass is 320 g/mol. The van der Waals surface area contributed by atoms with Crippen LogP contribution in [0.4, 0.5) is 0 Å². The standard InChI is InChI=1S/C13H21ClN2O3S/c1-3-4-11(9-19-2)16-20(17,18)12-6-5-10(8-15)13(14)7-12/h5-7,11,16H,3-4,8-9,15H2,1-2H3. The molecule has 0 aliphatic rings. The van der Waals surface area contributed by atoms with Crippen molar-refractivity contribution in [3.8, 4) is 0 Å². The average molecular weight is 321 g/mol. The number of sulfonamides is 1. The zero-order valence-corrected chi connectivity index (χ0v) is 13.3. The highest BCUT2D eigenvalue weighted by Crippen LogP contribution is 2.20. The average Bonchev–Trinajstić information content (AvgIpc) is 2.38. The van der Waals surface area contributed by atoms with E-state index < -0.39 is 10.0 Å². The largest absolute Gasteiger partial charge is 0.383 e. The number of rotatable bonds is 8. The van der Waals surface area contributed by atoms with Crippen molar-refractivity contribution >= 4 is 21.6 Å². The molecule has 1 atom stereocenters. The molecule has 0 amide bonds. The summed E-state index contributed by atoms with van der Waals surface area (Å²) < 4.78 is 32.2. The van der Waals surface area contributed by atoms with Gasteiger partial charge in [-0.05, 0) is 24.1 Å². The second-order valence-corrected chi connectivity index (χ2v) is 6.64. The Bertz CT molecular complexity index is 528. The van der Waals surface area contributed by atoms with E-state index in [0.717, 1.165) is 6.42 Å². The molecule has 0 fully saturated rings. The Morgan fingerprint density at radius 1 is 1.45 bits per heavy atom. The van der Waals surface area contributed by atoms with Gasteiger partial charge in [0.05, 0.1) is 11.5 Å². The van der Waals surface area contributed by atoms with Crippen molar-refractivity contribution in [2.75, 3.05) is 13.7 Å². The summed E-state index contributed by atoms with van der Waals surface area (Å²) in [6.45, 7) is 2.60. The Morgan fingerprint density at radius 2 is 2.15 bits per heavy atom. The van der Waals surface area contributed by atoms with E-state index in [9.17, 15) is 8.42 Å². The fraction of sp³-hybridized carbons (Fsp3) is 0.538. The molecule has 0 aromatic heterocycles. The van der Waals surface area contributed by atoms with Crippen LogP contribution in [-0.2, 0) is 21.3 Å². The first kappa shape index (κ1) is 17.4. The summed E-state index contributed by atoms with van der Waals surface area (Å²) in [6, 6.07) is 4.30. The maximum Gasteiger partial charge on any atom is 0.240 e. The third kappa shape index (κ3) is 4.71. The maximum atomic E-state index is 12.3. The summed E-state index contributed by atoms with van der Waals surface area (Å²) in [4.78, 5) is 0.136. The highest BCUT2D eigenvalue weighted by molar-refractivity contribution is 7.89. The number of halogens is 1. The van der Waals surface area contributed by atoms with Crippen LogP contribution in [0.3, 0.4) is 0 Å². The van der Waals surface area contributed by atoms with Gasteiger partial charge in [-0.15, -0.1) is 0 Å². The highest BCUT2D eigenvalue weighted by atomic mass is 35.5. The van der Waals surface area contributed by atoms with Crippen LogP contribution in [-0.4, -0.2) is 28.2 Å². The zero-order chi connectivity index (χ0) is 15.2. The van der Waals surface area contributed by atoms with Gasteiger partial charge in [0.15, 0.2) is 0 Å². The quantitative estimate of drug-likeness (QED) is 0.766. The first-order valence-corrected chi connectivity index (χ1v) is 8.30. The lowest BCUT2D eigenvalue weighted by Crippen LogP contribution is -2.37. The molecule has 114 valence electrons. The molecule has 3 N–H and O–H groups in total. The van der Waals surface area contributed by atoms with E-state index >= 15 is 0 Å². The first-order chi connectivity index (χ1) is 9.44. The SMILES string of the molecule is CCCC(COC)NS(=O)(=O)c1ccc(CN)c(Cl)c1. The molecule has 0 radical (unpaired) electrons. The van der Waals surface area contributed by atoms with Crippen LogP contribution in [0, 0.1) is 0 Å². The number of ether oxygens (including phenoxy) is 1. The summed E-state index contributed by atoms with van der Waals surface area (Å²) in [6.07, 6.45) is 1.57. The fourth-order valence-electron chi connectivity index (χ4n) is 1.87. The Balaban J connectivity index is 2.94. The van der Waals surface area contributed by atoms with Gasteiger partial charge in [-0.3, -0.25) is 0 Å². The summed E-state index contributed by atoms with van der Waals surface area (Å²) in [5, 5.41) is 0.356. The van der Waals surface area contributed by atoms with E-state index in [4.69, 9.17) is 22.1 Å². The molecule has 1 unspecified atom stereocenters. The van der Waals surface area contributed by atoms with E-state index in [1.807, 2.05) is 6.92 Å². The van der Waals surface area contributed by atoms with Crippen LogP contribution in [0.25, 0.3) is 0 Å². The van der Waals surface area contributed by atoms with Gasteiger partial charge in [-0.2, -0.15) is 0 Å². The van der Waals surface area contributed by atoms with Crippen LogP contribution in [0.1, 0.15) is 25.3 Å². The predicted octanol–water partition coefficient (Wildman–Crippen LogP) is 1.89. The lowest BCUT2D eigenvalue weighted by Gasteiger charge is -2.17. The van der Waals surface area contributed by atoms with Gasteiger partial charge in [-0.25, -0.2) is 13.1 Å². The summed E-state index contributed by atoms with van der Waals surface area (Å²) >= 11 is 6.00. The minimum atomic E-state index is -3.61. The lowest BCUT2D eigenvalue weighted by molar-refractivity contribution is 0.171. The number of benzene rings is 1. The van der Waals surface area contributed by atoms with Gasteiger partial charge in [0.25, 0.3) is 0 Å². The number of methoxy groups -OCH3 is 1. The van der Waals surface area contributed by atoms with Gasteiger partial charge in [0, 0.05) is 24.7 Å². The van der Waals surface area contributed by atoms with Crippen molar-refractivity contribution in [2.45, 2.75) is 37.2 Å². The van der Waals surface area contributed by atoms with Crippen LogP contribution in [0.15, 0.2) is 23.1 Å². The molecule has 0 spiro atoms. The van der Waals surface area contributed by atoms with Crippen molar-refractivity contribution in [2.24, 2.45) is 5.73 Å². The number of nitrogens with one attached hydrogen (secondary N) is 1. The Hall–Kier alpha value is -0.660. The van der Waals surface area contributed by atoms with Gasteiger partial charge < -0.3 is 10.5 Å². The van der Waals surface area contributed by atoms with Crippen LogP contribution in [0.5, 0.6) is 0 Å². The molecule has 20 heavy (non-hydrogen) atoms. The molecule has 0 bridgehead atoms. The van der Waals surface area contributed by atoms with Gasteiger partial charge >= 0.3 is 0 Å². The molecule has 0 aliphatic carbocycles. The molecule has 1 rings (SSSR count). The third-order valence-corrected chi connectivity index (χ3v) is 4.75. The Morgan fingerprint density at radius 3 is 2.65 bits per heavy atom. The molecule has 0 saturated heterocycles. The molecule has 0 heterocycles. The van der Waals surface area contributed by atoms with E-state index in [-0.39, 0.29) is 17.5 Å². The molecule has 0 aliphatic heterocycles. The van der Waals surface area contributed by atoms with Gasteiger partial charge in [0.2, 0.25) is 10.0 Å². The van der Waals surface area contributed by atoms with Crippen molar-refractivity contribution in [3.63, 3.8) is 0 Å². The van der Waals surface area contributed by atoms with Gasteiger partial charge in [0.1, 0.15) is 0 Å². The number of hydrogen-bond acceptors (Lipinski definition) is 4. The second kappa shape index (κ2) is 7.95. The van der Waals surface area contributed by atoms with Crippen molar-refractivity contribution in [1.82, 2.24) is 4.72 Å². The Kier molecular flexibility index (Phi) is 6.91. The minimum absolute atomic E-state index is 0.136. The Labute approximate surface area is 125 Å². The number of hydrogen-bond donors (Lipinski definition) is 2. The topological polar surface area (TPSA) is 81.4 Å². The number of nitrogens with two attached hydrogens (primary N) is 1. The highest BCUT2D eigenvalue weighted by Gasteiger charge is 2.20. The first-order valence-electron chi connectivity index (χ1n) is 6.44. The normalized spacial score (nSPS) is 13.4. The maximum absolute atomic E-state index is 12.3. The summed E-state index contributed by atoms with van der Waals surface area (Å²) in [7, 11) is -2.06. The molecular weight excluding hydrogens is 300 g/mol. The van der Waals surface area contributed by atoms with Gasteiger partial charge in [-0.1, -0.05) is 31.0 Å². The zero-order valence-electron chi connectivity index (χ0n) is 11.7. The lowest BCUT2D eigenvalue weighted by atomic mass is 10.2. The molecule has 7 heteroatoms. The van der Waals surface area contributed by atoms with E-state index in [2.05, 4.69) is 4.72 Å². The van der Waals surface area contributed by atoms with Crippen LogP contribution >= 0.6 is 11.6 Å². The molecule has 0 saturated carbocycles. The van der Waals surface area contributed by atoms with Crippen molar-refractivity contribution in [3.05, 3.63) is 28.8 Å². The second-order valence-electron chi connectivity index (χ2n) is 4.52. The minimum Gasteiger partial charge on any atom is -0.383 e. The van der Waals surface area contributed by atoms with Crippen LogP contribution in [0.2, 0.25) is 5.02 Å². The molecule has 5 nitrogen and oxygen atoms in total. The molecule has 1 aromatic rings.